The summed E-state index contributed by atoms with van der Waals surface area (Å²) in [6, 6.07) is 15.7. The van der Waals surface area contributed by atoms with Crippen LogP contribution in [0.15, 0.2) is 48.5 Å². The van der Waals surface area contributed by atoms with Gasteiger partial charge < -0.3 is 4.74 Å². The molecule has 0 N–H and O–H groups in total. The molecule has 0 spiro atoms. The maximum atomic E-state index is 13.0. The third-order valence-corrected chi connectivity index (χ3v) is 6.76. The SMILES string of the molecule is CC(C)(C)OC(=O)N1Cc2cc(Cl)ccc2-n2c(nnc2C2CC=C(c3cccc(C#N)c3)CC2)C1. The highest BCUT2D eigenvalue weighted by Crippen LogP contribution is 2.38. The van der Waals surface area contributed by atoms with Gasteiger partial charge in [-0.3, -0.25) is 9.47 Å². The van der Waals surface area contributed by atoms with Crippen LogP contribution < -0.4 is 0 Å². The van der Waals surface area contributed by atoms with Crippen molar-refractivity contribution in [1.29, 1.82) is 5.26 Å². The fourth-order valence-electron chi connectivity index (χ4n) is 4.87. The van der Waals surface area contributed by atoms with Gasteiger partial charge in [0.05, 0.1) is 30.4 Å². The van der Waals surface area contributed by atoms with Crippen LogP contribution in [-0.4, -0.2) is 31.4 Å². The molecule has 1 unspecified atom stereocenters. The molecular formula is C28H28ClN5O2. The topological polar surface area (TPSA) is 84.0 Å². The number of amides is 1. The van der Waals surface area contributed by atoms with Gasteiger partial charge >= 0.3 is 6.09 Å². The van der Waals surface area contributed by atoms with Crippen LogP contribution >= 0.6 is 11.6 Å². The smallest absolute Gasteiger partial charge is 0.411 e. The second-order valence-electron chi connectivity index (χ2n) is 10.3. The zero-order chi connectivity index (χ0) is 25.4. The van der Waals surface area contributed by atoms with Gasteiger partial charge in [0, 0.05) is 10.9 Å². The predicted octanol–water partition coefficient (Wildman–Crippen LogP) is 6.39. The Balaban J connectivity index is 1.47. The predicted molar refractivity (Wildman–Crippen MR) is 138 cm³/mol. The van der Waals surface area contributed by atoms with E-state index in [2.05, 4.69) is 33.0 Å². The first-order chi connectivity index (χ1) is 17.2. The van der Waals surface area contributed by atoms with E-state index in [1.165, 1.54) is 5.57 Å². The molecule has 0 fully saturated rings. The molecule has 3 aromatic rings. The normalized spacial score (nSPS) is 17.4. The van der Waals surface area contributed by atoms with Crippen molar-refractivity contribution < 1.29 is 9.53 Å². The molecule has 2 aromatic carbocycles. The Labute approximate surface area is 216 Å². The number of hydrogen-bond acceptors (Lipinski definition) is 5. The minimum absolute atomic E-state index is 0.186. The first-order valence-corrected chi connectivity index (χ1v) is 12.5. The summed E-state index contributed by atoms with van der Waals surface area (Å²) >= 11 is 6.35. The number of allylic oxidation sites excluding steroid dienone is 2. The number of ether oxygens (including phenoxy) is 1. The summed E-state index contributed by atoms with van der Waals surface area (Å²) in [6.45, 7) is 6.24. The Kier molecular flexibility index (Phi) is 6.31. The third kappa shape index (κ3) is 4.87. The van der Waals surface area contributed by atoms with Crippen LogP contribution in [0.2, 0.25) is 5.02 Å². The molecular weight excluding hydrogens is 474 g/mol. The summed E-state index contributed by atoms with van der Waals surface area (Å²) in [6.07, 6.45) is 4.48. The van der Waals surface area contributed by atoms with E-state index >= 15 is 0 Å². The lowest BCUT2D eigenvalue weighted by Crippen LogP contribution is -2.35. The van der Waals surface area contributed by atoms with Crippen LogP contribution in [0.5, 0.6) is 0 Å². The van der Waals surface area contributed by atoms with Gasteiger partial charge in [-0.1, -0.05) is 29.8 Å². The van der Waals surface area contributed by atoms with E-state index in [-0.39, 0.29) is 5.92 Å². The number of nitrogens with zero attached hydrogens (tertiary/aromatic N) is 5. The first kappa shape index (κ1) is 24.1. The summed E-state index contributed by atoms with van der Waals surface area (Å²) in [7, 11) is 0. The lowest BCUT2D eigenvalue weighted by atomic mass is 9.85. The summed E-state index contributed by atoms with van der Waals surface area (Å²) in [5.41, 5.74) is 4.29. The van der Waals surface area contributed by atoms with Crippen molar-refractivity contribution in [3.63, 3.8) is 0 Å². The number of rotatable bonds is 2. The van der Waals surface area contributed by atoms with Crippen LogP contribution in [0.1, 0.15) is 74.3 Å². The average Bonchev–Trinajstić information content (AvgIpc) is 3.18. The van der Waals surface area contributed by atoms with Gasteiger partial charge in [-0.15, -0.1) is 10.2 Å². The highest BCUT2D eigenvalue weighted by molar-refractivity contribution is 6.30. The standard InChI is InChI=1S/C28H28ClN5O2/c1-28(2,3)36-27(35)33-16-22-14-23(29)11-12-24(22)34-25(17-33)31-32-26(34)20-9-7-19(8-10-20)21-6-4-5-18(13-21)15-30/h4-7,11-14,20H,8-10,16-17H2,1-3H3. The lowest BCUT2D eigenvalue weighted by molar-refractivity contribution is 0.0214. The van der Waals surface area contributed by atoms with E-state index in [4.69, 9.17) is 16.3 Å². The molecule has 1 atom stereocenters. The van der Waals surface area contributed by atoms with E-state index < -0.39 is 11.7 Å². The molecule has 2 aliphatic rings. The van der Waals surface area contributed by atoms with Gasteiger partial charge in [0.2, 0.25) is 0 Å². The van der Waals surface area contributed by atoms with Gasteiger partial charge in [0.15, 0.2) is 5.82 Å². The Morgan fingerprint density at radius 3 is 2.72 bits per heavy atom. The Bertz CT molecular complexity index is 1400. The zero-order valence-corrected chi connectivity index (χ0v) is 21.4. The van der Waals surface area contributed by atoms with Gasteiger partial charge in [-0.05, 0) is 87.1 Å². The molecule has 0 bridgehead atoms. The minimum atomic E-state index is -0.599. The number of halogens is 1. The molecule has 0 saturated heterocycles. The van der Waals surface area contributed by atoms with Gasteiger partial charge in [0.25, 0.3) is 0 Å². The van der Waals surface area contributed by atoms with E-state index in [9.17, 15) is 10.1 Å². The second-order valence-corrected chi connectivity index (χ2v) is 10.7. The molecule has 184 valence electrons. The number of carbonyl (C=O) groups is 1. The van der Waals surface area contributed by atoms with Gasteiger partial charge in [-0.2, -0.15) is 5.26 Å². The van der Waals surface area contributed by atoms with Crippen LogP contribution in [0, 0.1) is 11.3 Å². The van der Waals surface area contributed by atoms with Crippen LogP contribution in [0.25, 0.3) is 11.3 Å². The van der Waals surface area contributed by atoms with Crippen molar-refractivity contribution in [3.05, 3.63) is 81.9 Å². The molecule has 0 saturated carbocycles. The number of nitriles is 1. The third-order valence-electron chi connectivity index (χ3n) is 6.52. The first-order valence-electron chi connectivity index (χ1n) is 12.1. The fraction of sp³-hybridized carbons (Fsp3) is 0.357. The summed E-state index contributed by atoms with van der Waals surface area (Å²) in [4.78, 5) is 14.6. The number of aromatic nitrogens is 3. The van der Waals surface area contributed by atoms with E-state index in [0.717, 1.165) is 41.9 Å². The van der Waals surface area contributed by atoms with Crippen molar-refractivity contribution in [2.24, 2.45) is 0 Å². The molecule has 7 nitrogen and oxygen atoms in total. The van der Waals surface area contributed by atoms with Crippen molar-refractivity contribution in [1.82, 2.24) is 19.7 Å². The Morgan fingerprint density at radius 1 is 1.17 bits per heavy atom. The van der Waals surface area contributed by atoms with Crippen LogP contribution in [0.4, 0.5) is 4.79 Å². The molecule has 1 aliphatic carbocycles. The molecule has 1 aliphatic heterocycles. The molecule has 1 aromatic heterocycles. The molecule has 0 radical (unpaired) electrons. The summed E-state index contributed by atoms with van der Waals surface area (Å²) < 4.78 is 7.75. The largest absolute Gasteiger partial charge is 0.444 e. The molecule has 1 amide bonds. The number of carbonyl (C=O) groups excluding carboxylic acids is 1. The summed E-state index contributed by atoms with van der Waals surface area (Å²) in [5, 5.41) is 19.0. The number of benzene rings is 2. The van der Waals surface area contributed by atoms with Crippen molar-refractivity contribution in [2.75, 3.05) is 0 Å². The fourth-order valence-corrected chi connectivity index (χ4v) is 5.06. The van der Waals surface area contributed by atoms with E-state index in [0.29, 0.717) is 29.5 Å². The molecule has 2 heterocycles. The maximum Gasteiger partial charge on any atom is 0.411 e. The lowest BCUT2D eigenvalue weighted by Gasteiger charge is -2.26. The van der Waals surface area contributed by atoms with Crippen LogP contribution in [0.3, 0.4) is 0 Å². The summed E-state index contributed by atoms with van der Waals surface area (Å²) in [5.74, 6) is 1.78. The maximum absolute atomic E-state index is 13.0. The Hall–Kier alpha value is -3.63. The Morgan fingerprint density at radius 2 is 2.00 bits per heavy atom. The monoisotopic (exact) mass is 501 g/mol. The molecule has 5 rings (SSSR count). The van der Waals surface area contributed by atoms with Crippen molar-refractivity contribution in [2.45, 2.75) is 64.6 Å². The number of hydrogen-bond donors (Lipinski definition) is 0. The van der Waals surface area contributed by atoms with Crippen molar-refractivity contribution >= 4 is 23.3 Å². The second kappa shape index (κ2) is 9.44. The highest BCUT2D eigenvalue weighted by atomic mass is 35.5. The quantitative estimate of drug-likeness (QED) is 0.406. The molecule has 8 heteroatoms. The van der Waals surface area contributed by atoms with Gasteiger partial charge in [0.1, 0.15) is 11.4 Å². The molecule has 36 heavy (non-hydrogen) atoms. The number of fused-ring (bicyclic) bond motifs is 3. The van der Waals surface area contributed by atoms with Crippen LogP contribution in [-0.2, 0) is 17.8 Å². The minimum Gasteiger partial charge on any atom is -0.444 e. The van der Waals surface area contributed by atoms with Gasteiger partial charge in [-0.25, -0.2) is 4.79 Å². The van der Waals surface area contributed by atoms with E-state index in [1.807, 2.05) is 57.2 Å². The zero-order valence-electron chi connectivity index (χ0n) is 20.7. The van der Waals surface area contributed by atoms with Crippen molar-refractivity contribution in [3.8, 4) is 11.8 Å². The average molecular weight is 502 g/mol. The highest BCUT2D eigenvalue weighted by Gasteiger charge is 2.32. The van der Waals surface area contributed by atoms with E-state index in [1.54, 1.807) is 4.90 Å².